The number of halogens is 4. The number of fused-ring (bicyclic) bond motifs is 1. The molecule has 3 aromatic rings. The topological polar surface area (TPSA) is 74.8 Å². The average Bonchev–Trinajstić information content (AvgIpc) is 2.83. The Kier molecular flexibility index (Phi) is 7.64. The number of benzene rings is 1. The minimum Gasteiger partial charge on any atom is -0.382 e. The minimum atomic E-state index is -4.54. The number of anilines is 2. The molecule has 10 heteroatoms. The SMILES string of the molecule is C=C(NC1CCCC(Nc2cc(C(F)(F)F)nc3ccc(Cl)cc23)C1)c1cnc(NCCC)nc1. The second-order valence-electron chi connectivity index (χ2n) is 8.76. The molecule has 0 bridgehead atoms. The van der Waals surface area contributed by atoms with Crippen molar-refractivity contribution in [1.29, 1.82) is 0 Å². The Morgan fingerprint density at radius 3 is 2.60 bits per heavy atom. The summed E-state index contributed by atoms with van der Waals surface area (Å²) in [5.74, 6) is 0.577. The zero-order valence-corrected chi connectivity index (χ0v) is 20.2. The second-order valence-corrected chi connectivity index (χ2v) is 9.20. The maximum atomic E-state index is 13.5. The number of nitrogens with zero attached hydrogens (tertiary/aromatic N) is 3. The quantitative estimate of drug-likeness (QED) is 0.325. The van der Waals surface area contributed by atoms with Crippen molar-refractivity contribution < 1.29 is 13.2 Å². The molecule has 2 aromatic heterocycles. The van der Waals surface area contributed by atoms with Gasteiger partial charge in [0.05, 0.1) is 5.52 Å². The van der Waals surface area contributed by atoms with Crippen LogP contribution in [0.4, 0.5) is 24.8 Å². The summed E-state index contributed by atoms with van der Waals surface area (Å²) in [5, 5.41) is 10.9. The third-order valence-corrected chi connectivity index (χ3v) is 6.24. The lowest BCUT2D eigenvalue weighted by molar-refractivity contribution is -0.140. The molecule has 1 aliphatic carbocycles. The molecule has 0 spiro atoms. The molecule has 1 aliphatic rings. The van der Waals surface area contributed by atoms with Crippen molar-refractivity contribution in [2.24, 2.45) is 0 Å². The van der Waals surface area contributed by atoms with Crippen molar-refractivity contribution >= 4 is 39.8 Å². The highest BCUT2D eigenvalue weighted by molar-refractivity contribution is 6.31. The van der Waals surface area contributed by atoms with Crippen LogP contribution in [0, 0.1) is 0 Å². The molecule has 0 saturated heterocycles. The van der Waals surface area contributed by atoms with Gasteiger partial charge < -0.3 is 16.0 Å². The van der Waals surface area contributed by atoms with Gasteiger partial charge in [0.2, 0.25) is 5.95 Å². The molecule has 0 aliphatic heterocycles. The molecular formula is C25H28ClF3N6. The fraction of sp³-hybridized carbons (Fsp3) is 0.400. The number of nitrogens with one attached hydrogen (secondary N) is 3. The van der Waals surface area contributed by atoms with Gasteiger partial charge >= 0.3 is 6.18 Å². The van der Waals surface area contributed by atoms with Crippen LogP contribution in [0.3, 0.4) is 0 Å². The molecule has 1 fully saturated rings. The van der Waals surface area contributed by atoms with Gasteiger partial charge in [0, 0.05) is 58.4 Å². The van der Waals surface area contributed by atoms with E-state index in [-0.39, 0.29) is 17.6 Å². The van der Waals surface area contributed by atoms with Crippen molar-refractivity contribution in [3.8, 4) is 0 Å². The van der Waals surface area contributed by atoms with Gasteiger partial charge in [-0.25, -0.2) is 15.0 Å². The van der Waals surface area contributed by atoms with Crippen LogP contribution in [-0.4, -0.2) is 33.6 Å². The molecule has 186 valence electrons. The van der Waals surface area contributed by atoms with E-state index in [1.165, 1.54) is 6.07 Å². The van der Waals surface area contributed by atoms with Gasteiger partial charge in [-0.2, -0.15) is 13.2 Å². The highest BCUT2D eigenvalue weighted by Crippen LogP contribution is 2.35. The summed E-state index contributed by atoms with van der Waals surface area (Å²) in [6.45, 7) is 7.00. The number of aromatic nitrogens is 3. The van der Waals surface area contributed by atoms with Crippen LogP contribution in [0.15, 0.2) is 43.2 Å². The fourth-order valence-corrected chi connectivity index (χ4v) is 4.45. The van der Waals surface area contributed by atoms with Crippen LogP contribution >= 0.6 is 11.6 Å². The first-order valence-corrected chi connectivity index (χ1v) is 12.1. The third-order valence-electron chi connectivity index (χ3n) is 6.01. The van der Waals surface area contributed by atoms with E-state index in [4.69, 9.17) is 11.6 Å². The van der Waals surface area contributed by atoms with Crippen molar-refractivity contribution in [3.63, 3.8) is 0 Å². The molecule has 0 radical (unpaired) electrons. The number of alkyl halides is 3. The molecule has 1 aromatic carbocycles. The average molecular weight is 505 g/mol. The van der Waals surface area contributed by atoms with Gasteiger partial charge in [-0.3, -0.25) is 0 Å². The summed E-state index contributed by atoms with van der Waals surface area (Å²) in [4.78, 5) is 12.4. The maximum absolute atomic E-state index is 13.5. The van der Waals surface area contributed by atoms with Crippen LogP contribution in [0.1, 0.15) is 50.3 Å². The third kappa shape index (κ3) is 6.33. The Hall–Kier alpha value is -3.07. The van der Waals surface area contributed by atoms with E-state index in [0.717, 1.165) is 56.0 Å². The highest BCUT2D eigenvalue weighted by atomic mass is 35.5. The van der Waals surface area contributed by atoms with Crippen LogP contribution in [-0.2, 0) is 6.18 Å². The maximum Gasteiger partial charge on any atom is 0.433 e. The van der Waals surface area contributed by atoms with E-state index < -0.39 is 11.9 Å². The van der Waals surface area contributed by atoms with Crippen LogP contribution in [0.25, 0.3) is 16.6 Å². The zero-order chi connectivity index (χ0) is 25.0. The summed E-state index contributed by atoms with van der Waals surface area (Å²) in [6.07, 6.45) is 3.33. The summed E-state index contributed by atoms with van der Waals surface area (Å²) in [6, 6.07) is 5.87. The first-order valence-electron chi connectivity index (χ1n) is 11.7. The Morgan fingerprint density at radius 1 is 1.14 bits per heavy atom. The first-order chi connectivity index (χ1) is 16.7. The van der Waals surface area contributed by atoms with Gasteiger partial charge in [-0.15, -0.1) is 0 Å². The standard InChI is InChI=1S/C25H28ClF3N6/c1-3-9-30-24-31-13-16(14-32-24)15(2)33-18-5-4-6-19(11-18)34-22-12-23(25(27,28)29)35-21-8-7-17(26)10-20(21)22/h7-8,10,12-14,18-19,33H,2-6,9,11H2,1H3,(H,34,35)(H,30,31,32). The lowest BCUT2D eigenvalue weighted by Gasteiger charge is -2.32. The molecule has 2 heterocycles. The number of hydrogen-bond donors (Lipinski definition) is 3. The summed E-state index contributed by atoms with van der Waals surface area (Å²) >= 11 is 6.12. The molecule has 3 N–H and O–H groups in total. The molecular weight excluding hydrogens is 477 g/mol. The van der Waals surface area contributed by atoms with Crippen molar-refractivity contribution in [2.45, 2.75) is 57.3 Å². The molecule has 2 unspecified atom stereocenters. The van der Waals surface area contributed by atoms with Gasteiger partial charge in [0.15, 0.2) is 0 Å². The predicted octanol–water partition coefficient (Wildman–Crippen LogP) is 6.50. The normalized spacial score (nSPS) is 18.3. The van der Waals surface area contributed by atoms with Crippen LogP contribution in [0.5, 0.6) is 0 Å². The molecule has 0 amide bonds. The Bertz CT molecular complexity index is 1180. The Balaban J connectivity index is 1.46. The largest absolute Gasteiger partial charge is 0.433 e. The smallest absolute Gasteiger partial charge is 0.382 e. The first kappa shape index (κ1) is 25.0. The molecule has 2 atom stereocenters. The molecule has 1 saturated carbocycles. The van der Waals surface area contributed by atoms with Gasteiger partial charge in [0.25, 0.3) is 0 Å². The van der Waals surface area contributed by atoms with Crippen LogP contribution in [0.2, 0.25) is 5.02 Å². The number of rotatable bonds is 8. The van der Waals surface area contributed by atoms with E-state index in [9.17, 15) is 13.2 Å². The van der Waals surface area contributed by atoms with E-state index in [0.29, 0.717) is 22.0 Å². The summed E-state index contributed by atoms with van der Waals surface area (Å²) < 4.78 is 40.4. The summed E-state index contributed by atoms with van der Waals surface area (Å²) in [5.41, 5.74) is 1.23. The van der Waals surface area contributed by atoms with Gasteiger partial charge in [-0.05, 0) is 56.4 Å². The van der Waals surface area contributed by atoms with Crippen molar-refractivity contribution in [1.82, 2.24) is 20.3 Å². The summed E-state index contributed by atoms with van der Waals surface area (Å²) in [7, 11) is 0. The highest BCUT2D eigenvalue weighted by Gasteiger charge is 2.34. The second kappa shape index (κ2) is 10.7. The van der Waals surface area contributed by atoms with E-state index in [1.807, 2.05) is 0 Å². The zero-order valence-electron chi connectivity index (χ0n) is 19.4. The number of pyridine rings is 1. The predicted molar refractivity (Wildman–Crippen MR) is 134 cm³/mol. The lowest BCUT2D eigenvalue weighted by atomic mass is 9.90. The lowest BCUT2D eigenvalue weighted by Crippen LogP contribution is -2.38. The van der Waals surface area contributed by atoms with Crippen molar-refractivity contribution in [2.75, 3.05) is 17.2 Å². The van der Waals surface area contributed by atoms with Crippen LogP contribution < -0.4 is 16.0 Å². The number of hydrogen-bond acceptors (Lipinski definition) is 6. The van der Waals surface area contributed by atoms with E-state index in [1.54, 1.807) is 24.5 Å². The van der Waals surface area contributed by atoms with Gasteiger partial charge in [-0.1, -0.05) is 25.1 Å². The molecule has 6 nitrogen and oxygen atoms in total. The van der Waals surface area contributed by atoms with E-state index >= 15 is 0 Å². The Morgan fingerprint density at radius 2 is 1.89 bits per heavy atom. The van der Waals surface area contributed by atoms with Gasteiger partial charge in [0.1, 0.15) is 5.69 Å². The Labute approximate surface area is 207 Å². The monoisotopic (exact) mass is 504 g/mol. The molecule has 4 rings (SSSR count). The molecule has 35 heavy (non-hydrogen) atoms. The fourth-order valence-electron chi connectivity index (χ4n) is 4.28. The van der Waals surface area contributed by atoms with E-state index in [2.05, 4.69) is 44.4 Å². The van der Waals surface area contributed by atoms with Crippen molar-refractivity contribution in [3.05, 3.63) is 59.5 Å². The minimum absolute atomic E-state index is 0.0171.